The van der Waals surface area contributed by atoms with E-state index in [0.29, 0.717) is 6.61 Å². The number of ether oxygens (including phenoxy) is 1. The number of fused-ring (bicyclic) bond motifs is 3. The Morgan fingerprint density at radius 1 is 1.18 bits per heavy atom. The molecule has 33 heavy (non-hydrogen) atoms. The summed E-state index contributed by atoms with van der Waals surface area (Å²) in [7, 11) is 0. The van der Waals surface area contributed by atoms with Crippen LogP contribution < -0.4 is 5.56 Å². The molecule has 3 heterocycles. The Labute approximate surface area is 202 Å². The number of thiophene rings is 1. The molecule has 4 aromatic rings. The molecule has 1 atom stereocenters. The van der Waals surface area contributed by atoms with Crippen molar-refractivity contribution in [3.63, 3.8) is 0 Å². The van der Waals surface area contributed by atoms with Gasteiger partial charge in [0.15, 0.2) is 5.16 Å². The first-order chi connectivity index (χ1) is 15.9. The molecule has 0 unspecified atom stereocenters. The van der Waals surface area contributed by atoms with E-state index >= 15 is 0 Å². The molecule has 0 fully saturated rings. The molecule has 170 valence electrons. The maximum atomic E-state index is 14.0. The van der Waals surface area contributed by atoms with Crippen LogP contribution in [0.15, 0.2) is 58.5 Å². The fraction of sp³-hybridized carbons (Fsp3) is 0.333. The molecule has 0 radical (unpaired) electrons. The Hall–Kier alpha value is -2.41. The van der Waals surface area contributed by atoms with Gasteiger partial charge in [0.25, 0.3) is 5.56 Å². The van der Waals surface area contributed by atoms with Gasteiger partial charge in [0.1, 0.15) is 4.83 Å². The van der Waals surface area contributed by atoms with Gasteiger partial charge in [0.05, 0.1) is 23.3 Å². The van der Waals surface area contributed by atoms with E-state index < -0.39 is 0 Å². The third kappa shape index (κ3) is 4.16. The zero-order valence-corrected chi connectivity index (χ0v) is 21.1. The first-order valence-corrected chi connectivity index (χ1v) is 13.1. The Kier molecular flexibility index (Phi) is 5.93. The lowest BCUT2D eigenvalue weighted by molar-refractivity contribution is -0.0543. The van der Waals surface area contributed by atoms with Crippen molar-refractivity contribution in [2.24, 2.45) is 0 Å². The van der Waals surface area contributed by atoms with E-state index in [2.05, 4.69) is 45.9 Å². The monoisotopic (exact) mass is 476 g/mol. The van der Waals surface area contributed by atoms with Crippen molar-refractivity contribution in [3.8, 4) is 5.69 Å². The molecule has 1 aliphatic heterocycles. The SMILES string of the molecule is CC[C@]1(C)Cc2c(sc3nc(SCc4ccc(C)cc4C)n(-c4ccccc4)c(=O)c23)CO1. The van der Waals surface area contributed by atoms with Crippen LogP contribution >= 0.6 is 23.1 Å². The fourth-order valence-electron chi connectivity index (χ4n) is 4.38. The van der Waals surface area contributed by atoms with Gasteiger partial charge in [-0.05, 0) is 56.0 Å². The van der Waals surface area contributed by atoms with Crippen LogP contribution in [0.25, 0.3) is 15.9 Å². The van der Waals surface area contributed by atoms with Gasteiger partial charge in [-0.2, -0.15) is 0 Å². The number of hydrogen-bond acceptors (Lipinski definition) is 5. The van der Waals surface area contributed by atoms with Crippen LogP contribution in [0.4, 0.5) is 0 Å². The van der Waals surface area contributed by atoms with E-state index in [1.165, 1.54) is 16.7 Å². The van der Waals surface area contributed by atoms with Crippen LogP contribution in [0.1, 0.15) is 47.4 Å². The number of aryl methyl sites for hydroxylation is 2. The first-order valence-electron chi connectivity index (χ1n) is 11.3. The molecular weight excluding hydrogens is 448 g/mol. The highest BCUT2D eigenvalue weighted by Crippen LogP contribution is 2.39. The van der Waals surface area contributed by atoms with Crippen molar-refractivity contribution >= 4 is 33.3 Å². The molecule has 0 bridgehead atoms. The van der Waals surface area contributed by atoms with Crippen LogP contribution in [0.5, 0.6) is 0 Å². The normalized spacial score (nSPS) is 17.9. The number of rotatable bonds is 5. The second-order valence-corrected chi connectivity index (χ2v) is 11.1. The molecule has 0 aliphatic carbocycles. The molecule has 0 N–H and O–H groups in total. The van der Waals surface area contributed by atoms with Crippen LogP contribution in [0, 0.1) is 13.8 Å². The van der Waals surface area contributed by atoms with Gasteiger partial charge in [-0.25, -0.2) is 4.98 Å². The topological polar surface area (TPSA) is 44.1 Å². The highest BCUT2D eigenvalue weighted by molar-refractivity contribution is 7.98. The van der Waals surface area contributed by atoms with E-state index in [4.69, 9.17) is 9.72 Å². The van der Waals surface area contributed by atoms with Crippen LogP contribution in [-0.2, 0) is 23.5 Å². The Bertz CT molecular complexity index is 1390. The molecule has 0 saturated heterocycles. The quantitative estimate of drug-likeness (QED) is 0.240. The molecular formula is C27H28N2O2S2. The number of benzene rings is 2. The maximum absolute atomic E-state index is 14.0. The Morgan fingerprint density at radius 2 is 1.97 bits per heavy atom. The highest BCUT2D eigenvalue weighted by Gasteiger charge is 2.33. The second-order valence-electron chi connectivity index (χ2n) is 9.04. The van der Waals surface area contributed by atoms with Crippen LogP contribution in [0.3, 0.4) is 0 Å². The summed E-state index contributed by atoms with van der Waals surface area (Å²) in [4.78, 5) is 21.0. The smallest absolute Gasteiger partial charge is 0.267 e. The molecule has 1 aliphatic rings. The van der Waals surface area contributed by atoms with Crippen molar-refractivity contribution in [1.29, 1.82) is 0 Å². The predicted octanol–water partition coefficient (Wildman–Crippen LogP) is 6.60. The first kappa shape index (κ1) is 22.4. The highest BCUT2D eigenvalue weighted by atomic mass is 32.2. The number of thioether (sulfide) groups is 1. The minimum absolute atomic E-state index is 0.0205. The van der Waals surface area contributed by atoms with E-state index in [9.17, 15) is 4.79 Å². The minimum Gasteiger partial charge on any atom is -0.369 e. The molecule has 2 aromatic heterocycles. The molecule has 6 heteroatoms. The van der Waals surface area contributed by atoms with E-state index in [1.807, 2.05) is 30.3 Å². The summed E-state index contributed by atoms with van der Waals surface area (Å²) in [6.45, 7) is 9.08. The zero-order chi connectivity index (χ0) is 23.2. The van der Waals surface area contributed by atoms with E-state index in [1.54, 1.807) is 27.7 Å². The molecule has 0 saturated carbocycles. The van der Waals surface area contributed by atoms with Gasteiger partial charge >= 0.3 is 0 Å². The zero-order valence-electron chi connectivity index (χ0n) is 19.5. The number of para-hydroxylation sites is 1. The Morgan fingerprint density at radius 3 is 2.70 bits per heavy atom. The summed E-state index contributed by atoms with van der Waals surface area (Å²) in [5, 5.41) is 1.49. The average molecular weight is 477 g/mol. The van der Waals surface area contributed by atoms with Gasteiger partial charge in [0.2, 0.25) is 0 Å². The third-order valence-electron chi connectivity index (χ3n) is 6.60. The molecule has 2 aromatic carbocycles. The average Bonchev–Trinajstić information content (AvgIpc) is 3.16. The van der Waals surface area contributed by atoms with Crippen molar-refractivity contribution < 1.29 is 4.74 Å². The minimum atomic E-state index is -0.235. The third-order valence-corrected chi connectivity index (χ3v) is 8.68. The predicted molar refractivity (Wildman–Crippen MR) is 138 cm³/mol. The summed E-state index contributed by atoms with van der Waals surface area (Å²) in [5.74, 6) is 0.763. The Balaban J connectivity index is 1.65. The molecule has 0 spiro atoms. The number of hydrogen-bond donors (Lipinski definition) is 0. The molecule has 4 nitrogen and oxygen atoms in total. The summed E-state index contributed by atoms with van der Waals surface area (Å²) in [5.41, 5.74) is 5.54. The lowest BCUT2D eigenvalue weighted by Crippen LogP contribution is -2.34. The van der Waals surface area contributed by atoms with Gasteiger partial charge in [-0.15, -0.1) is 11.3 Å². The van der Waals surface area contributed by atoms with Crippen molar-refractivity contribution in [2.75, 3.05) is 0 Å². The van der Waals surface area contributed by atoms with Gasteiger partial charge in [-0.3, -0.25) is 9.36 Å². The van der Waals surface area contributed by atoms with Gasteiger partial charge in [0, 0.05) is 17.1 Å². The lowest BCUT2D eigenvalue weighted by Gasteiger charge is -2.32. The summed E-state index contributed by atoms with van der Waals surface area (Å²) in [6, 6.07) is 16.4. The van der Waals surface area contributed by atoms with E-state index in [-0.39, 0.29) is 11.2 Å². The number of nitrogens with zero attached hydrogens (tertiary/aromatic N) is 2. The molecule has 5 rings (SSSR count). The second kappa shape index (κ2) is 8.75. The van der Waals surface area contributed by atoms with Gasteiger partial charge in [-0.1, -0.05) is 60.6 Å². The lowest BCUT2D eigenvalue weighted by atomic mass is 9.90. The largest absolute Gasteiger partial charge is 0.369 e. The van der Waals surface area contributed by atoms with E-state index in [0.717, 1.165) is 50.1 Å². The molecule has 0 amide bonds. The number of aromatic nitrogens is 2. The van der Waals surface area contributed by atoms with Crippen molar-refractivity contribution in [2.45, 2.75) is 63.7 Å². The van der Waals surface area contributed by atoms with Crippen molar-refractivity contribution in [3.05, 3.63) is 86.0 Å². The fourth-order valence-corrected chi connectivity index (χ4v) is 6.61. The van der Waals surface area contributed by atoms with Crippen molar-refractivity contribution in [1.82, 2.24) is 9.55 Å². The maximum Gasteiger partial charge on any atom is 0.267 e. The van der Waals surface area contributed by atoms with Crippen LogP contribution in [0.2, 0.25) is 0 Å². The standard InChI is InChI=1S/C27H28N2O2S2/c1-5-27(4)14-21-22(15-31-27)33-24-23(21)25(30)29(20-9-7-6-8-10-20)26(28-24)32-16-19-12-11-17(2)13-18(19)3/h6-13H,5,14-16H2,1-4H3/t27-/m1/s1. The van der Waals surface area contributed by atoms with Gasteiger partial charge < -0.3 is 4.74 Å². The summed E-state index contributed by atoms with van der Waals surface area (Å²) < 4.78 is 7.95. The van der Waals surface area contributed by atoms with Crippen LogP contribution in [-0.4, -0.2) is 15.2 Å². The summed E-state index contributed by atoms with van der Waals surface area (Å²) >= 11 is 3.23. The summed E-state index contributed by atoms with van der Waals surface area (Å²) in [6.07, 6.45) is 1.66.